The van der Waals surface area contributed by atoms with Crippen LogP contribution >= 0.6 is 11.6 Å². The molecule has 0 bridgehead atoms. The van der Waals surface area contributed by atoms with Crippen molar-refractivity contribution in [3.63, 3.8) is 0 Å². The van der Waals surface area contributed by atoms with E-state index in [-0.39, 0.29) is 5.69 Å². The normalized spacial score (nSPS) is 12.3. The molecule has 0 fully saturated rings. The SMILES string of the molecule is O=S(=O)(Oc1cc2ccccc2c(-c2ccccc2Cl)n1)C(F)(F)F. The standard InChI is InChI=1S/C16H9ClF3NO3S/c17-13-8-4-3-7-12(13)15-11-6-2-1-5-10(11)9-14(21-15)24-25(22,23)16(18,19)20/h1-9H. The number of hydrogen-bond acceptors (Lipinski definition) is 4. The summed E-state index contributed by atoms with van der Waals surface area (Å²) >= 11 is 6.14. The molecule has 0 aliphatic carbocycles. The lowest BCUT2D eigenvalue weighted by Crippen LogP contribution is -2.28. The van der Waals surface area contributed by atoms with Crippen molar-refractivity contribution < 1.29 is 25.8 Å². The van der Waals surface area contributed by atoms with Crippen molar-refractivity contribution in [1.29, 1.82) is 0 Å². The highest BCUT2D eigenvalue weighted by atomic mass is 35.5. The summed E-state index contributed by atoms with van der Waals surface area (Å²) < 4.78 is 64.4. The van der Waals surface area contributed by atoms with Crippen LogP contribution in [0.4, 0.5) is 13.2 Å². The van der Waals surface area contributed by atoms with Crippen molar-refractivity contribution in [2.24, 2.45) is 0 Å². The van der Waals surface area contributed by atoms with Gasteiger partial charge in [0, 0.05) is 22.0 Å². The Morgan fingerprint density at radius 3 is 2.32 bits per heavy atom. The minimum Gasteiger partial charge on any atom is -0.355 e. The third-order valence-electron chi connectivity index (χ3n) is 3.32. The molecule has 3 aromatic rings. The van der Waals surface area contributed by atoms with Crippen LogP contribution in [0.2, 0.25) is 5.02 Å². The Hall–Kier alpha value is -2.32. The molecule has 0 atom stereocenters. The minimum absolute atomic E-state index is 0.219. The lowest BCUT2D eigenvalue weighted by molar-refractivity contribution is -0.0501. The van der Waals surface area contributed by atoms with Crippen molar-refractivity contribution in [3.05, 3.63) is 59.6 Å². The van der Waals surface area contributed by atoms with Crippen molar-refractivity contribution >= 4 is 32.5 Å². The van der Waals surface area contributed by atoms with E-state index in [1.165, 1.54) is 0 Å². The van der Waals surface area contributed by atoms with Crippen LogP contribution in [-0.4, -0.2) is 18.9 Å². The van der Waals surface area contributed by atoms with Gasteiger partial charge in [-0.25, -0.2) is 4.98 Å². The van der Waals surface area contributed by atoms with Crippen LogP contribution in [0.25, 0.3) is 22.0 Å². The van der Waals surface area contributed by atoms with Crippen LogP contribution in [0.5, 0.6) is 5.88 Å². The molecule has 0 aliphatic rings. The molecule has 130 valence electrons. The van der Waals surface area contributed by atoms with Gasteiger partial charge in [-0.15, -0.1) is 0 Å². The quantitative estimate of drug-likeness (QED) is 0.479. The Balaban J connectivity index is 2.22. The van der Waals surface area contributed by atoms with E-state index in [2.05, 4.69) is 9.17 Å². The van der Waals surface area contributed by atoms with E-state index < -0.39 is 21.5 Å². The van der Waals surface area contributed by atoms with Crippen molar-refractivity contribution in [1.82, 2.24) is 4.98 Å². The second kappa shape index (κ2) is 6.20. The molecular weight excluding hydrogens is 379 g/mol. The van der Waals surface area contributed by atoms with Crippen LogP contribution in [0, 0.1) is 0 Å². The molecule has 3 rings (SSSR count). The predicted octanol–water partition coefficient (Wildman–Crippen LogP) is 4.78. The summed E-state index contributed by atoms with van der Waals surface area (Å²) in [7, 11) is -5.82. The molecule has 0 aliphatic heterocycles. The van der Waals surface area contributed by atoms with Gasteiger partial charge in [0.15, 0.2) is 0 Å². The number of benzene rings is 2. The van der Waals surface area contributed by atoms with E-state index >= 15 is 0 Å². The maximum Gasteiger partial charge on any atom is 0.534 e. The second-order valence-electron chi connectivity index (χ2n) is 4.99. The fourth-order valence-corrected chi connectivity index (χ4v) is 2.87. The molecule has 0 saturated heterocycles. The third-order valence-corrected chi connectivity index (χ3v) is 4.61. The number of aromatic nitrogens is 1. The maximum atomic E-state index is 12.6. The molecule has 0 unspecified atom stereocenters. The van der Waals surface area contributed by atoms with Gasteiger partial charge in [-0.1, -0.05) is 54.1 Å². The van der Waals surface area contributed by atoms with E-state index in [1.807, 2.05) is 0 Å². The summed E-state index contributed by atoms with van der Waals surface area (Å²) in [4.78, 5) is 3.94. The predicted molar refractivity (Wildman–Crippen MR) is 87.8 cm³/mol. The second-order valence-corrected chi connectivity index (χ2v) is 6.94. The largest absolute Gasteiger partial charge is 0.534 e. The van der Waals surface area contributed by atoms with E-state index in [0.717, 1.165) is 6.07 Å². The maximum absolute atomic E-state index is 12.6. The van der Waals surface area contributed by atoms with Gasteiger partial charge in [-0.2, -0.15) is 21.6 Å². The van der Waals surface area contributed by atoms with Gasteiger partial charge in [0.2, 0.25) is 5.88 Å². The zero-order chi connectivity index (χ0) is 18.2. The Bertz CT molecular complexity index is 1050. The smallest absolute Gasteiger partial charge is 0.355 e. The Kier molecular flexibility index (Phi) is 4.34. The number of hydrogen-bond donors (Lipinski definition) is 0. The first-order chi connectivity index (χ1) is 11.7. The number of alkyl halides is 3. The van der Waals surface area contributed by atoms with Crippen LogP contribution in [0.3, 0.4) is 0 Å². The summed E-state index contributed by atoms with van der Waals surface area (Å²) in [5.74, 6) is -0.689. The van der Waals surface area contributed by atoms with E-state index in [9.17, 15) is 21.6 Å². The molecule has 0 spiro atoms. The van der Waals surface area contributed by atoms with Crippen LogP contribution in [0.15, 0.2) is 54.6 Å². The Morgan fingerprint density at radius 1 is 1.00 bits per heavy atom. The number of pyridine rings is 1. The molecule has 4 nitrogen and oxygen atoms in total. The average molecular weight is 388 g/mol. The van der Waals surface area contributed by atoms with Crippen molar-refractivity contribution in [2.45, 2.75) is 5.51 Å². The summed E-state index contributed by atoms with van der Waals surface area (Å²) in [6.07, 6.45) is 0. The lowest BCUT2D eigenvalue weighted by atomic mass is 10.0. The van der Waals surface area contributed by atoms with Crippen LogP contribution < -0.4 is 4.18 Å². The zero-order valence-corrected chi connectivity index (χ0v) is 13.9. The summed E-state index contributed by atoms with van der Waals surface area (Å²) in [5, 5.41) is 1.36. The number of rotatable bonds is 3. The molecule has 25 heavy (non-hydrogen) atoms. The van der Waals surface area contributed by atoms with Gasteiger partial charge >= 0.3 is 15.6 Å². The first-order valence-corrected chi connectivity index (χ1v) is 8.63. The molecular formula is C16H9ClF3NO3S. The van der Waals surface area contributed by atoms with Crippen molar-refractivity contribution in [3.8, 4) is 17.1 Å². The molecule has 1 heterocycles. The fraction of sp³-hybridized carbons (Fsp3) is 0.0625. The highest BCUT2D eigenvalue weighted by Gasteiger charge is 2.48. The molecule has 1 aromatic heterocycles. The van der Waals surface area contributed by atoms with Gasteiger partial charge in [-0.05, 0) is 11.5 Å². The van der Waals surface area contributed by atoms with Gasteiger partial charge in [0.1, 0.15) is 0 Å². The van der Waals surface area contributed by atoms with Crippen molar-refractivity contribution in [2.75, 3.05) is 0 Å². The number of fused-ring (bicyclic) bond motifs is 1. The Labute approximate surface area is 146 Å². The van der Waals surface area contributed by atoms with Crippen LogP contribution in [-0.2, 0) is 10.1 Å². The summed E-state index contributed by atoms with van der Waals surface area (Å²) in [6, 6.07) is 14.4. The number of halogens is 4. The first-order valence-electron chi connectivity index (χ1n) is 6.84. The first kappa shape index (κ1) is 17.5. The molecule has 0 radical (unpaired) electrons. The average Bonchev–Trinajstić information content (AvgIpc) is 2.53. The van der Waals surface area contributed by atoms with Gasteiger partial charge in [0.25, 0.3) is 0 Å². The van der Waals surface area contributed by atoms with Gasteiger partial charge in [-0.3, -0.25) is 0 Å². The molecule has 9 heteroatoms. The van der Waals surface area contributed by atoms with E-state index in [4.69, 9.17) is 11.6 Å². The van der Waals surface area contributed by atoms with Gasteiger partial charge in [0.05, 0.1) is 5.69 Å². The summed E-state index contributed by atoms with van der Waals surface area (Å²) in [6.45, 7) is 0. The minimum atomic E-state index is -5.82. The summed E-state index contributed by atoms with van der Waals surface area (Å²) in [5.41, 5.74) is -4.89. The zero-order valence-electron chi connectivity index (χ0n) is 12.3. The number of nitrogens with zero attached hydrogens (tertiary/aromatic N) is 1. The van der Waals surface area contributed by atoms with E-state index in [1.54, 1.807) is 48.5 Å². The lowest BCUT2D eigenvalue weighted by Gasteiger charge is -2.12. The monoisotopic (exact) mass is 387 g/mol. The highest BCUT2D eigenvalue weighted by molar-refractivity contribution is 7.87. The van der Waals surface area contributed by atoms with Crippen LogP contribution in [0.1, 0.15) is 0 Å². The fourth-order valence-electron chi connectivity index (χ4n) is 2.24. The van der Waals surface area contributed by atoms with Gasteiger partial charge < -0.3 is 4.18 Å². The highest BCUT2D eigenvalue weighted by Crippen LogP contribution is 2.35. The molecule has 0 saturated carbocycles. The topological polar surface area (TPSA) is 56.3 Å². The van der Waals surface area contributed by atoms with E-state index in [0.29, 0.717) is 21.4 Å². The molecule has 0 N–H and O–H groups in total. The Morgan fingerprint density at radius 2 is 1.64 bits per heavy atom. The molecule has 2 aromatic carbocycles. The third kappa shape index (κ3) is 3.40. The molecule has 0 amide bonds.